The lowest BCUT2D eigenvalue weighted by atomic mass is 9.95. The summed E-state index contributed by atoms with van der Waals surface area (Å²) in [4.78, 5) is 35.0. The Labute approximate surface area is 217 Å². The van der Waals surface area contributed by atoms with Gasteiger partial charge in [0.15, 0.2) is 11.7 Å². The number of carbonyl (C=O) groups is 2. The Bertz CT molecular complexity index is 1280. The maximum Gasteiger partial charge on any atom is 0.338 e. The molecule has 0 spiro atoms. The van der Waals surface area contributed by atoms with Crippen molar-refractivity contribution in [3.8, 4) is 0 Å². The van der Waals surface area contributed by atoms with Gasteiger partial charge in [-0.2, -0.15) is 0 Å². The van der Waals surface area contributed by atoms with Crippen molar-refractivity contribution < 1.29 is 32.2 Å². The zero-order valence-electron chi connectivity index (χ0n) is 20.9. The summed E-state index contributed by atoms with van der Waals surface area (Å²) in [6, 6.07) is 3.01. The topological polar surface area (TPSA) is 93.1 Å². The molecule has 1 atom stereocenters. The first-order valence-corrected chi connectivity index (χ1v) is 11.5. The number of nitrogens with zero attached hydrogens (tertiary/aromatic N) is 3. The van der Waals surface area contributed by atoms with Gasteiger partial charge in [-0.25, -0.2) is 22.9 Å². The highest BCUT2D eigenvalue weighted by Crippen LogP contribution is 2.36. The fraction of sp³-hybridized carbons (Fsp3) is 0.360. The molecule has 1 aromatic heterocycles. The van der Waals surface area contributed by atoms with Crippen LogP contribution in [0.2, 0.25) is 5.02 Å². The van der Waals surface area contributed by atoms with Crippen molar-refractivity contribution in [3.05, 3.63) is 75.5 Å². The van der Waals surface area contributed by atoms with Gasteiger partial charge in [-0.1, -0.05) is 17.7 Å². The summed E-state index contributed by atoms with van der Waals surface area (Å²) in [6.07, 6.45) is 0.816. The van der Waals surface area contributed by atoms with E-state index in [0.29, 0.717) is 6.07 Å². The first-order chi connectivity index (χ1) is 17.3. The maximum atomic E-state index is 14.7. The zero-order valence-corrected chi connectivity index (χ0v) is 21.6. The van der Waals surface area contributed by atoms with E-state index in [1.54, 1.807) is 32.7 Å². The van der Waals surface area contributed by atoms with Crippen LogP contribution >= 0.6 is 11.6 Å². The first kappa shape index (κ1) is 28.1. The molecule has 1 aliphatic rings. The van der Waals surface area contributed by atoms with Crippen LogP contribution in [-0.4, -0.2) is 60.5 Å². The lowest BCUT2D eigenvalue weighted by Gasteiger charge is -2.30. The largest absolute Gasteiger partial charge is 0.466 e. The van der Waals surface area contributed by atoms with Crippen LogP contribution in [0.4, 0.5) is 13.2 Å². The van der Waals surface area contributed by atoms with Crippen LogP contribution < -0.4 is 5.32 Å². The van der Waals surface area contributed by atoms with Gasteiger partial charge in [0.2, 0.25) is 0 Å². The number of likely N-dealkylation sites (N-methyl/N-ethyl adjacent to an activating group) is 1. The molecule has 2 heterocycles. The van der Waals surface area contributed by atoms with E-state index in [9.17, 15) is 22.8 Å². The molecule has 1 aliphatic heterocycles. The number of nitrogens with one attached hydrogen (secondary N) is 1. The molecule has 3 rings (SSSR count). The molecule has 1 aromatic carbocycles. The lowest BCUT2D eigenvalue weighted by Crippen LogP contribution is -2.41. The van der Waals surface area contributed by atoms with Gasteiger partial charge in [0.25, 0.3) is 0 Å². The summed E-state index contributed by atoms with van der Waals surface area (Å²) in [7, 11) is 2.77. The van der Waals surface area contributed by atoms with Gasteiger partial charge in [-0.15, -0.1) is 0 Å². The molecule has 0 aliphatic carbocycles. The normalized spacial score (nSPS) is 15.8. The summed E-state index contributed by atoms with van der Waals surface area (Å²) in [5, 5.41) is 2.83. The monoisotopic (exact) mass is 538 g/mol. The van der Waals surface area contributed by atoms with Crippen LogP contribution in [0.5, 0.6) is 0 Å². The standard InChI is InChI=1S/C25H26ClF3N4O4/c1-25(2,3)37-19(34)12-33(4)11-18-20(24(35)36-5)21(15-7-6-13(27)8-16(15)26)32-23(31-18)22-17(29)9-14(28)10-30-22/h6-10,21H,11-12H2,1-5H3,(H,31,32). The number of hydrogen-bond acceptors (Lipinski definition) is 8. The number of aromatic nitrogens is 1. The fourth-order valence-corrected chi connectivity index (χ4v) is 3.92. The molecular formula is C25H26ClF3N4O4. The Balaban J connectivity index is 2.10. The number of pyridine rings is 1. The summed E-state index contributed by atoms with van der Waals surface area (Å²) in [5.41, 5.74) is -0.594. The zero-order chi connectivity index (χ0) is 27.5. The average molecular weight is 539 g/mol. The van der Waals surface area contributed by atoms with Crippen LogP contribution in [0.1, 0.15) is 38.1 Å². The number of rotatable bonds is 7. The minimum atomic E-state index is -1.16. The molecular weight excluding hydrogens is 513 g/mol. The quantitative estimate of drug-likeness (QED) is 0.534. The van der Waals surface area contributed by atoms with Gasteiger partial charge in [0.1, 0.15) is 29.0 Å². The van der Waals surface area contributed by atoms with Gasteiger partial charge < -0.3 is 14.8 Å². The average Bonchev–Trinajstić information content (AvgIpc) is 2.76. The second kappa shape index (κ2) is 11.3. The number of hydrogen-bond donors (Lipinski definition) is 1. The smallest absolute Gasteiger partial charge is 0.338 e. The second-order valence-corrected chi connectivity index (χ2v) is 9.70. The molecule has 1 N–H and O–H groups in total. The van der Waals surface area contributed by atoms with E-state index in [1.165, 1.54) is 13.2 Å². The van der Waals surface area contributed by atoms with Crippen molar-refractivity contribution in [2.75, 3.05) is 27.2 Å². The number of ether oxygens (including phenoxy) is 2. The fourth-order valence-electron chi connectivity index (χ4n) is 3.65. The number of carbonyl (C=O) groups excluding carboxylic acids is 2. The number of halogens is 4. The molecule has 2 aromatic rings. The third-order valence-corrected chi connectivity index (χ3v) is 5.39. The van der Waals surface area contributed by atoms with Gasteiger partial charge in [0, 0.05) is 28.9 Å². The third kappa shape index (κ3) is 7.07. The molecule has 8 nitrogen and oxygen atoms in total. The Kier molecular flexibility index (Phi) is 8.60. The molecule has 0 bridgehead atoms. The minimum absolute atomic E-state index is 0.00156. The molecule has 37 heavy (non-hydrogen) atoms. The number of esters is 2. The van der Waals surface area contributed by atoms with Crippen LogP contribution in [-0.2, 0) is 19.1 Å². The molecule has 0 saturated heterocycles. The summed E-state index contributed by atoms with van der Waals surface area (Å²) >= 11 is 6.29. The molecule has 0 fully saturated rings. The van der Waals surface area contributed by atoms with E-state index in [4.69, 9.17) is 21.1 Å². The molecule has 0 saturated carbocycles. The van der Waals surface area contributed by atoms with E-state index >= 15 is 0 Å². The Morgan fingerprint density at radius 3 is 2.46 bits per heavy atom. The third-order valence-electron chi connectivity index (χ3n) is 5.07. The summed E-state index contributed by atoms with van der Waals surface area (Å²) in [5.74, 6) is -3.93. The van der Waals surface area contributed by atoms with Crippen molar-refractivity contribution in [3.63, 3.8) is 0 Å². The Morgan fingerprint density at radius 2 is 1.86 bits per heavy atom. The van der Waals surface area contributed by atoms with Gasteiger partial charge in [-0.05, 0) is 40.0 Å². The first-order valence-electron chi connectivity index (χ1n) is 11.1. The van der Waals surface area contributed by atoms with Gasteiger partial charge >= 0.3 is 11.9 Å². The maximum absolute atomic E-state index is 14.7. The van der Waals surface area contributed by atoms with Crippen molar-refractivity contribution >= 4 is 29.4 Å². The number of amidine groups is 1. The Hall–Kier alpha value is -3.44. The van der Waals surface area contributed by atoms with E-state index in [2.05, 4.69) is 15.3 Å². The van der Waals surface area contributed by atoms with Crippen LogP contribution in [0.15, 0.2) is 46.7 Å². The van der Waals surface area contributed by atoms with E-state index in [0.717, 1.165) is 18.3 Å². The predicted octanol–water partition coefficient (Wildman–Crippen LogP) is 3.94. The molecule has 1 unspecified atom stereocenters. The molecule has 198 valence electrons. The number of benzene rings is 1. The van der Waals surface area contributed by atoms with Crippen molar-refractivity contribution in [2.24, 2.45) is 4.99 Å². The van der Waals surface area contributed by atoms with Crippen molar-refractivity contribution in [1.29, 1.82) is 0 Å². The van der Waals surface area contributed by atoms with Crippen LogP contribution in [0.3, 0.4) is 0 Å². The molecule has 0 radical (unpaired) electrons. The van der Waals surface area contributed by atoms with Crippen LogP contribution in [0, 0.1) is 17.5 Å². The highest BCUT2D eigenvalue weighted by atomic mass is 35.5. The van der Waals surface area contributed by atoms with E-state index in [1.807, 2.05) is 0 Å². The predicted molar refractivity (Wildman–Crippen MR) is 130 cm³/mol. The van der Waals surface area contributed by atoms with Crippen molar-refractivity contribution in [1.82, 2.24) is 15.2 Å². The molecule has 0 amide bonds. The number of methoxy groups -OCH3 is 1. The molecule has 12 heteroatoms. The SMILES string of the molecule is COC(=O)C1=C(CN(C)CC(=O)OC(C)(C)C)NC(c2ncc(F)cc2F)=NC1c1ccc(F)cc1Cl. The van der Waals surface area contributed by atoms with Crippen molar-refractivity contribution in [2.45, 2.75) is 32.4 Å². The lowest BCUT2D eigenvalue weighted by molar-refractivity contribution is -0.155. The summed E-state index contributed by atoms with van der Waals surface area (Å²) in [6.45, 7) is 5.01. The second-order valence-electron chi connectivity index (χ2n) is 9.30. The van der Waals surface area contributed by atoms with E-state index in [-0.39, 0.29) is 46.5 Å². The summed E-state index contributed by atoms with van der Waals surface area (Å²) < 4.78 is 52.3. The van der Waals surface area contributed by atoms with Gasteiger partial charge in [0.05, 0.1) is 25.4 Å². The van der Waals surface area contributed by atoms with E-state index < -0.39 is 41.0 Å². The Morgan fingerprint density at radius 1 is 1.16 bits per heavy atom. The van der Waals surface area contributed by atoms with Crippen LogP contribution in [0.25, 0.3) is 0 Å². The highest BCUT2D eigenvalue weighted by molar-refractivity contribution is 6.31. The highest BCUT2D eigenvalue weighted by Gasteiger charge is 2.35. The van der Waals surface area contributed by atoms with Gasteiger partial charge in [-0.3, -0.25) is 14.7 Å². The minimum Gasteiger partial charge on any atom is -0.466 e. The number of aliphatic imine (C=N–C) groups is 1.